The van der Waals surface area contributed by atoms with Crippen molar-refractivity contribution in [3.8, 4) is 11.1 Å². The third kappa shape index (κ3) is 2.32. The highest BCUT2D eigenvalue weighted by Crippen LogP contribution is 2.42. The highest BCUT2D eigenvalue weighted by Gasteiger charge is 2.24. The van der Waals surface area contributed by atoms with Crippen LogP contribution in [0, 0.1) is 0 Å². The molecular weight excluding hydrogens is 272 g/mol. The van der Waals surface area contributed by atoms with E-state index in [-0.39, 0.29) is 5.56 Å². The average molecular weight is 287 g/mol. The summed E-state index contributed by atoms with van der Waals surface area (Å²) >= 11 is 5.93. The van der Waals surface area contributed by atoms with Gasteiger partial charge < -0.3 is 5.11 Å². The molecule has 3 rings (SSSR count). The second-order valence-corrected chi connectivity index (χ2v) is 5.65. The molecule has 1 aliphatic carbocycles. The number of carboxylic acids is 1. The number of aromatic carboxylic acids is 1. The van der Waals surface area contributed by atoms with Crippen molar-refractivity contribution in [2.24, 2.45) is 0 Å². The lowest BCUT2D eigenvalue weighted by atomic mass is 9.77. The summed E-state index contributed by atoms with van der Waals surface area (Å²) in [6.07, 6.45) is 3.63. The number of hydrogen-bond donors (Lipinski definition) is 1. The van der Waals surface area contributed by atoms with Gasteiger partial charge >= 0.3 is 5.97 Å². The molecule has 20 heavy (non-hydrogen) atoms. The molecule has 0 atom stereocenters. The maximum Gasteiger partial charge on any atom is 0.336 e. The van der Waals surface area contributed by atoms with Crippen LogP contribution in [-0.4, -0.2) is 11.1 Å². The molecule has 2 aromatic carbocycles. The predicted octanol–water partition coefficient (Wildman–Crippen LogP) is 4.97. The Morgan fingerprint density at radius 1 is 1.10 bits per heavy atom. The van der Waals surface area contributed by atoms with Crippen molar-refractivity contribution < 1.29 is 9.90 Å². The van der Waals surface area contributed by atoms with E-state index in [1.165, 1.54) is 30.9 Å². The summed E-state index contributed by atoms with van der Waals surface area (Å²) in [7, 11) is 0. The fraction of sp³-hybridized carbons (Fsp3) is 0.235. The van der Waals surface area contributed by atoms with Crippen molar-refractivity contribution >= 4 is 17.6 Å². The standard InChI is InChI=1S/C17H15ClO2/c18-12-8-9-15(16(10-12)17(19)20)14-7-2-1-6-13(14)11-4-3-5-11/h1-2,6-11H,3-5H2,(H,19,20). The van der Waals surface area contributed by atoms with Gasteiger partial charge in [0.15, 0.2) is 0 Å². The Labute approximate surface area is 123 Å². The van der Waals surface area contributed by atoms with E-state index in [0.29, 0.717) is 10.9 Å². The van der Waals surface area contributed by atoms with Crippen molar-refractivity contribution in [3.63, 3.8) is 0 Å². The van der Waals surface area contributed by atoms with E-state index in [1.807, 2.05) is 24.3 Å². The Balaban J connectivity index is 2.16. The van der Waals surface area contributed by atoms with Crippen molar-refractivity contribution in [1.29, 1.82) is 0 Å². The first kappa shape index (κ1) is 13.2. The second-order valence-electron chi connectivity index (χ2n) is 5.21. The third-order valence-electron chi connectivity index (χ3n) is 4.01. The topological polar surface area (TPSA) is 37.3 Å². The van der Waals surface area contributed by atoms with Crippen LogP contribution in [0.4, 0.5) is 0 Å². The minimum absolute atomic E-state index is 0.268. The summed E-state index contributed by atoms with van der Waals surface area (Å²) in [5.41, 5.74) is 3.29. The van der Waals surface area contributed by atoms with Gasteiger partial charge in [-0.05, 0) is 47.6 Å². The number of hydrogen-bond acceptors (Lipinski definition) is 1. The Hall–Kier alpha value is -1.80. The number of carbonyl (C=O) groups is 1. The van der Waals surface area contributed by atoms with Crippen LogP contribution in [0.25, 0.3) is 11.1 Å². The van der Waals surface area contributed by atoms with Crippen molar-refractivity contribution in [2.45, 2.75) is 25.2 Å². The Morgan fingerprint density at radius 2 is 1.85 bits per heavy atom. The average Bonchev–Trinajstić information content (AvgIpc) is 2.37. The van der Waals surface area contributed by atoms with Crippen molar-refractivity contribution in [2.75, 3.05) is 0 Å². The van der Waals surface area contributed by atoms with Gasteiger partial charge in [-0.1, -0.05) is 48.4 Å². The Bertz CT molecular complexity index is 660. The smallest absolute Gasteiger partial charge is 0.336 e. The number of benzene rings is 2. The molecule has 3 heteroatoms. The zero-order chi connectivity index (χ0) is 14.1. The van der Waals surface area contributed by atoms with Crippen LogP contribution >= 0.6 is 11.6 Å². The van der Waals surface area contributed by atoms with Gasteiger partial charge in [0.25, 0.3) is 0 Å². The highest BCUT2D eigenvalue weighted by atomic mass is 35.5. The van der Waals surface area contributed by atoms with E-state index in [4.69, 9.17) is 11.6 Å². The molecule has 0 spiro atoms. The number of halogens is 1. The fourth-order valence-corrected chi connectivity index (χ4v) is 2.92. The van der Waals surface area contributed by atoms with Gasteiger partial charge in [-0.2, -0.15) is 0 Å². The molecule has 0 radical (unpaired) electrons. The van der Waals surface area contributed by atoms with E-state index < -0.39 is 5.97 Å². The third-order valence-corrected chi connectivity index (χ3v) is 4.24. The van der Waals surface area contributed by atoms with E-state index in [2.05, 4.69) is 6.07 Å². The Morgan fingerprint density at radius 3 is 2.50 bits per heavy atom. The molecule has 0 amide bonds. The van der Waals surface area contributed by atoms with Crippen LogP contribution in [0.5, 0.6) is 0 Å². The molecule has 0 unspecified atom stereocenters. The minimum Gasteiger partial charge on any atom is -0.478 e. The fourth-order valence-electron chi connectivity index (χ4n) is 2.75. The molecule has 1 saturated carbocycles. The normalized spacial score (nSPS) is 14.8. The maximum atomic E-state index is 11.5. The van der Waals surface area contributed by atoms with Gasteiger partial charge in [-0.25, -0.2) is 4.79 Å². The first-order chi connectivity index (χ1) is 9.66. The van der Waals surface area contributed by atoms with Gasteiger partial charge in [0.2, 0.25) is 0 Å². The SMILES string of the molecule is O=C(O)c1cc(Cl)ccc1-c1ccccc1C1CCC1. The molecule has 1 N–H and O–H groups in total. The molecule has 0 saturated heterocycles. The molecule has 0 bridgehead atoms. The number of rotatable bonds is 3. The second kappa shape index (κ2) is 5.29. The summed E-state index contributed by atoms with van der Waals surface area (Å²) in [5, 5.41) is 9.84. The van der Waals surface area contributed by atoms with Gasteiger partial charge in [-0.3, -0.25) is 0 Å². The molecule has 0 heterocycles. The van der Waals surface area contributed by atoms with Gasteiger partial charge in [0.1, 0.15) is 0 Å². The summed E-state index contributed by atoms with van der Waals surface area (Å²) in [5.74, 6) is -0.380. The molecule has 0 aromatic heterocycles. The minimum atomic E-state index is -0.939. The van der Waals surface area contributed by atoms with Crippen molar-refractivity contribution in [3.05, 3.63) is 58.6 Å². The molecule has 1 aliphatic rings. The zero-order valence-corrected chi connectivity index (χ0v) is 11.7. The van der Waals surface area contributed by atoms with Crippen LogP contribution in [-0.2, 0) is 0 Å². The summed E-state index contributed by atoms with van der Waals surface area (Å²) in [6, 6.07) is 13.2. The van der Waals surface area contributed by atoms with Crippen LogP contribution in [0.3, 0.4) is 0 Å². The van der Waals surface area contributed by atoms with E-state index in [1.54, 1.807) is 6.07 Å². The quantitative estimate of drug-likeness (QED) is 0.864. The molecule has 2 nitrogen and oxygen atoms in total. The lowest BCUT2D eigenvalue weighted by Crippen LogP contribution is -2.10. The largest absolute Gasteiger partial charge is 0.478 e. The molecule has 1 fully saturated rings. The number of carboxylic acid groups (broad SMARTS) is 1. The molecule has 0 aliphatic heterocycles. The van der Waals surface area contributed by atoms with Crippen molar-refractivity contribution in [1.82, 2.24) is 0 Å². The van der Waals surface area contributed by atoms with E-state index >= 15 is 0 Å². The van der Waals surface area contributed by atoms with E-state index in [9.17, 15) is 9.90 Å². The molecule has 2 aromatic rings. The maximum absolute atomic E-state index is 11.5. The first-order valence-corrected chi connectivity index (χ1v) is 7.17. The van der Waals surface area contributed by atoms with Crippen LogP contribution < -0.4 is 0 Å². The highest BCUT2D eigenvalue weighted by molar-refractivity contribution is 6.31. The van der Waals surface area contributed by atoms with Gasteiger partial charge in [0, 0.05) is 5.02 Å². The van der Waals surface area contributed by atoms with Crippen LogP contribution in [0.1, 0.15) is 41.1 Å². The predicted molar refractivity (Wildman–Crippen MR) is 80.4 cm³/mol. The summed E-state index contributed by atoms with van der Waals surface area (Å²) < 4.78 is 0. The summed E-state index contributed by atoms with van der Waals surface area (Å²) in [4.78, 5) is 11.5. The van der Waals surface area contributed by atoms with Gasteiger partial charge in [-0.15, -0.1) is 0 Å². The monoisotopic (exact) mass is 286 g/mol. The zero-order valence-electron chi connectivity index (χ0n) is 11.0. The molecule has 102 valence electrons. The lowest BCUT2D eigenvalue weighted by Gasteiger charge is -2.28. The lowest BCUT2D eigenvalue weighted by molar-refractivity contribution is 0.0697. The van der Waals surface area contributed by atoms with Crippen LogP contribution in [0.2, 0.25) is 5.02 Å². The molecular formula is C17H15ClO2. The van der Waals surface area contributed by atoms with Gasteiger partial charge in [0.05, 0.1) is 5.56 Å². The first-order valence-electron chi connectivity index (χ1n) is 6.79. The van der Waals surface area contributed by atoms with Crippen LogP contribution in [0.15, 0.2) is 42.5 Å². The van der Waals surface area contributed by atoms with E-state index in [0.717, 1.165) is 11.1 Å². The Kier molecular flexibility index (Phi) is 3.49. The summed E-state index contributed by atoms with van der Waals surface area (Å²) in [6.45, 7) is 0.